The van der Waals surface area contributed by atoms with Crippen molar-refractivity contribution in [2.24, 2.45) is 5.92 Å². The van der Waals surface area contributed by atoms with Gasteiger partial charge in [-0.1, -0.05) is 38.8 Å². The summed E-state index contributed by atoms with van der Waals surface area (Å²) >= 11 is 0. The number of hydrogen-bond donors (Lipinski definition) is 1. The van der Waals surface area contributed by atoms with Crippen molar-refractivity contribution in [1.29, 1.82) is 0 Å². The Bertz CT molecular complexity index is 741. The number of fused-ring (bicyclic) bond motifs is 3. The van der Waals surface area contributed by atoms with Crippen molar-refractivity contribution in [3.63, 3.8) is 0 Å². The zero-order valence-electron chi connectivity index (χ0n) is 13.0. The van der Waals surface area contributed by atoms with E-state index in [-0.39, 0.29) is 12.4 Å². The van der Waals surface area contributed by atoms with Gasteiger partial charge < -0.3 is 9.73 Å². The summed E-state index contributed by atoms with van der Waals surface area (Å²) in [5.74, 6) is 1.47. The topological polar surface area (TPSA) is 51.0 Å². The van der Waals surface area contributed by atoms with Crippen LogP contribution >= 0.6 is 12.4 Å². The van der Waals surface area contributed by atoms with Gasteiger partial charge in [-0.2, -0.15) is 0 Å². The van der Waals surface area contributed by atoms with Crippen molar-refractivity contribution in [3.05, 3.63) is 30.6 Å². The Morgan fingerprint density at radius 2 is 2.00 bits per heavy atom. The van der Waals surface area contributed by atoms with Gasteiger partial charge in [0, 0.05) is 11.9 Å². The van der Waals surface area contributed by atoms with Crippen LogP contribution < -0.4 is 5.32 Å². The maximum absolute atomic E-state index is 5.92. The molecule has 3 rings (SSSR count). The highest BCUT2D eigenvalue weighted by Crippen LogP contribution is 2.30. The summed E-state index contributed by atoms with van der Waals surface area (Å²) in [5.41, 5.74) is 2.49. The van der Waals surface area contributed by atoms with Crippen molar-refractivity contribution in [2.45, 2.75) is 33.1 Å². The predicted molar refractivity (Wildman–Crippen MR) is 93.7 cm³/mol. The molecule has 0 aliphatic carbocycles. The molecule has 4 nitrogen and oxygen atoms in total. The minimum atomic E-state index is 0. The third-order valence-electron chi connectivity index (χ3n) is 3.99. The molecule has 0 aliphatic heterocycles. The number of halogens is 1. The SMILES string of the molecule is CCCC(CC)CNc1ncnc2c1oc1ccccc12.Cl. The minimum absolute atomic E-state index is 0. The van der Waals surface area contributed by atoms with Gasteiger partial charge in [0.2, 0.25) is 0 Å². The van der Waals surface area contributed by atoms with E-state index >= 15 is 0 Å². The Kier molecular flexibility index (Phi) is 5.61. The number of para-hydroxylation sites is 1. The van der Waals surface area contributed by atoms with Gasteiger partial charge in [-0.3, -0.25) is 0 Å². The van der Waals surface area contributed by atoms with Crippen molar-refractivity contribution in [3.8, 4) is 0 Å². The molecular formula is C17H22ClN3O. The summed E-state index contributed by atoms with van der Waals surface area (Å²) in [7, 11) is 0. The molecule has 0 bridgehead atoms. The monoisotopic (exact) mass is 319 g/mol. The third-order valence-corrected chi connectivity index (χ3v) is 3.99. The summed E-state index contributed by atoms with van der Waals surface area (Å²) < 4.78 is 5.92. The van der Waals surface area contributed by atoms with Gasteiger partial charge in [0.25, 0.3) is 0 Å². The lowest BCUT2D eigenvalue weighted by Crippen LogP contribution is -2.14. The lowest BCUT2D eigenvalue weighted by atomic mass is 10.0. The Hall–Kier alpha value is -1.81. The Morgan fingerprint density at radius 1 is 1.18 bits per heavy atom. The summed E-state index contributed by atoms with van der Waals surface area (Å²) in [6.07, 6.45) is 5.23. The molecule has 2 heterocycles. The van der Waals surface area contributed by atoms with Gasteiger partial charge in [0.1, 0.15) is 17.4 Å². The average molecular weight is 320 g/mol. The number of furan rings is 1. The molecule has 1 unspecified atom stereocenters. The Morgan fingerprint density at radius 3 is 2.77 bits per heavy atom. The van der Waals surface area contributed by atoms with Crippen LogP contribution in [0.15, 0.2) is 35.0 Å². The summed E-state index contributed by atoms with van der Waals surface area (Å²) in [6.45, 7) is 5.39. The Balaban J connectivity index is 0.00000176. The van der Waals surface area contributed by atoms with E-state index in [1.54, 1.807) is 6.33 Å². The second kappa shape index (κ2) is 7.45. The van der Waals surface area contributed by atoms with Gasteiger partial charge in [-0.15, -0.1) is 12.4 Å². The van der Waals surface area contributed by atoms with Gasteiger partial charge in [-0.25, -0.2) is 9.97 Å². The molecule has 22 heavy (non-hydrogen) atoms. The lowest BCUT2D eigenvalue weighted by molar-refractivity contribution is 0.487. The molecule has 0 radical (unpaired) electrons. The fraction of sp³-hybridized carbons (Fsp3) is 0.412. The number of anilines is 1. The molecule has 1 N–H and O–H groups in total. The fourth-order valence-corrected chi connectivity index (χ4v) is 2.75. The van der Waals surface area contributed by atoms with E-state index in [1.807, 2.05) is 24.3 Å². The highest BCUT2D eigenvalue weighted by molar-refractivity contribution is 6.05. The van der Waals surface area contributed by atoms with Crippen LogP contribution in [0.2, 0.25) is 0 Å². The van der Waals surface area contributed by atoms with E-state index in [1.165, 1.54) is 19.3 Å². The zero-order valence-corrected chi connectivity index (χ0v) is 13.8. The zero-order chi connectivity index (χ0) is 14.7. The van der Waals surface area contributed by atoms with Crippen LogP contribution in [0, 0.1) is 5.92 Å². The highest BCUT2D eigenvalue weighted by Gasteiger charge is 2.13. The number of nitrogens with one attached hydrogen (secondary N) is 1. The van der Waals surface area contributed by atoms with E-state index in [4.69, 9.17) is 4.42 Å². The van der Waals surface area contributed by atoms with E-state index in [0.29, 0.717) is 5.92 Å². The Labute approximate surface area is 136 Å². The number of nitrogens with zero attached hydrogens (tertiary/aromatic N) is 2. The first kappa shape index (κ1) is 16.6. The van der Waals surface area contributed by atoms with Crippen molar-refractivity contribution in [2.75, 3.05) is 11.9 Å². The molecule has 1 aromatic carbocycles. The minimum Gasteiger partial charge on any atom is -0.450 e. The lowest BCUT2D eigenvalue weighted by Gasteiger charge is -2.14. The predicted octanol–water partition coefficient (Wildman–Crippen LogP) is 5.04. The molecule has 0 fully saturated rings. The first-order chi connectivity index (χ1) is 10.3. The molecule has 0 saturated carbocycles. The molecule has 0 aliphatic rings. The average Bonchev–Trinajstić information content (AvgIpc) is 2.91. The maximum Gasteiger partial charge on any atom is 0.196 e. The largest absolute Gasteiger partial charge is 0.450 e. The van der Waals surface area contributed by atoms with Crippen LogP contribution in [0.3, 0.4) is 0 Å². The van der Waals surface area contributed by atoms with Gasteiger partial charge in [0.15, 0.2) is 11.4 Å². The molecule has 0 spiro atoms. The summed E-state index contributed by atoms with van der Waals surface area (Å²) in [5, 5.41) is 4.48. The standard InChI is InChI=1S/C17H21N3O.ClH/c1-3-7-12(4-2)10-18-17-16-15(19-11-20-17)13-8-5-6-9-14(13)21-16;/h5-6,8-9,11-12H,3-4,7,10H2,1-2H3,(H,18,19,20);1H. The fourth-order valence-electron chi connectivity index (χ4n) is 2.75. The second-order valence-corrected chi connectivity index (χ2v) is 5.44. The molecule has 3 aromatic rings. The molecule has 5 heteroatoms. The number of benzene rings is 1. The molecule has 118 valence electrons. The highest BCUT2D eigenvalue weighted by atomic mass is 35.5. The second-order valence-electron chi connectivity index (χ2n) is 5.44. The molecular weight excluding hydrogens is 298 g/mol. The van der Waals surface area contributed by atoms with Gasteiger partial charge >= 0.3 is 0 Å². The van der Waals surface area contributed by atoms with Crippen molar-refractivity contribution in [1.82, 2.24) is 9.97 Å². The van der Waals surface area contributed by atoms with Crippen LogP contribution in [-0.2, 0) is 0 Å². The van der Waals surface area contributed by atoms with Crippen LogP contribution in [0.1, 0.15) is 33.1 Å². The number of aromatic nitrogens is 2. The molecule has 0 saturated heterocycles. The van der Waals surface area contributed by atoms with Crippen LogP contribution in [0.4, 0.5) is 5.82 Å². The van der Waals surface area contributed by atoms with E-state index in [9.17, 15) is 0 Å². The molecule has 2 aromatic heterocycles. The smallest absolute Gasteiger partial charge is 0.196 e. The van der Waals surface area contributed by atoms with E-state index in [0.717, 1.165) is 34.4 Å². The molecule has 1 atom stereocenters. The first-order valence-electron chi connectivity index (χ1n) is 7.69. The summed E-state index contributed by atoms with van der Waals surface area (Å²) in [6, 6.07) is 7.97. The third kappa shape index (κ3) is 3.17. The normalized spacial score (nSPS) is 12.3. The van der Waals surface area contributed by atoms with Crippen LogP contribution in [-0.4, -0.2) is 16.5 Å². The van der Waals surface area contributed by atoms with E-state index in [2.05, 4.69) is 29.1 Å². The van der Waals surface area contributed by atoms with Crippen LogP contribution in [0.5, 0.6) is 0 Å². The number of hydrogen-bond acceptors (Lipinski definition) is 4. The van der Waals surface area contributed by atoms with Crippen molar-refractivity contribution < 1.29 is 4.42 Å². The maximum atomic E-state index is 5.92. The summed E-state index contributed by atoms with van der Waals surface area (Å²) in [4.78, 5) is 8.72. The van der Waals surface area contributed by atoms with E-state index < -0.39 is 0 Å². The molecule has 0 amide bonds. The van der Waals surface area contributed by atoms with Crippen LogP contribution in [0.25, 0.3) is 22.1 Å². The quantitative estimate of drug-likeness (QED) is 0.691. The first-order valence-corrected chi connectivity index (χ1v) is 7.69. The van der Waals surface area contributed by atoms with Gasteiger partial charge in [-0.05, 0) is 24.5 Å². The van der Waals surface area contributed by atoms with Crippen molar-refractivity contribution >= 4 is 40.3 Å². The van der Waals surface area contributed by atoms with Gasteiger partial charge in [0.05, 0.1) is 0 Å². The number of rotatable bonds is 6.